The molecule has 1 aliphatic rings. The summed E-state index contributed by atoms with van der Waals surface area (Å²) >= 11 is 0. The minimum atomic E-state index is -1.67. The van der Waals surface area contributed by atoms with E-state index < -0.39 is 17.4 Å². The van der Waals surface area contributed by atoms with Gasteiger partial charge in [0.1, 0.15) is 18.1 Å². The van der Waals surface area contributed by atoms with Crippen molar-refractivity contribution in [1.82, 2.24) is 0 Å². The van der Waals surface area contributed by atoms with Crippen molar-refractivity contribution in [1.29, 1.82) is 0 Å². The van der Waals surface area contributed by atoms with Crippen molar-refractivity contribution in [3.63, 3.8) is 0 Å². The largest absolute Gasteiger partial charge is 0.497 e. The van der Waals surface area contributed by atoms with Crippen LogP contribution in [0.2, 0.25) is 0 Å². The third kappa shape index (κ3) is 3.70. The van der Waals surface area contributed by atoms with Gasteiger partial charge in [-0.25, -0.2) is 0 Å². The molecule has 0 unspecified atom stereocenters. The molecular formula is C23H24O6. The molecule has 29 heavy (non-hydrogen) atoms. The van der Waals surface area contributed by atoms with E-state index in [4.69, 9.17) is 18.9 Å². The lowest BCUT2D eigenvalue weighted by molar-refractivity contribution is -0.162. The molecule has 0 bridgehead atoms. The average molecular weight is 396 g/mol. The summed E-state index contributed by atoms with van der Waals surface area (Å²) < 4.78 is 21.7. The molecule has 6 heteroatoms. The number of fused-ring (bicyclic) bond motifs is 1. The number of hydrogen-bond donors (Lipinski definition) is 0. The highest BCUT2D eigenvalue weighted by molar-refractivity contribution is 6.13. The molecule has 0 radical (unpaired) electrons. The maximum Gasteiger partial charge on any atom is 0.332 e. The molecule has 6 nitrogen and oxygen atoms in total. The number of benzene rings is 2. The summed E-state index contributed by atoms with van der Waals surface area (Å²) in [5.41, 5.74) is 0.119. The van der Waals surface area contributed by atoms with Crippen LogP contribution in [0.1, 0.15) is 25.0 Å². The Hall–Kier alpha value is -3.28. The molecule has 0 aromatic heterocycles. The number of carbonyl (C=O) groups is 2. The first kappa shape index (κ1) is 20.5. The van der Waals surface area contributed by atoms with Gasteiger partial charge in [0.2, 0.25) is 5.41 Å². The van der Waals surface area contributed by atoms with E-state index in [1.807, 2.05) is 12.1 Å². The highest BCUT2D eigenvalue weighted by Crippen LogP contribution is 2.44. The van der Waals surface area contributed by atoms with Crippen LogP contribution in [0, 0.1) is 0 Å². The Morgan fingerprint density at radius 1 is 0.862 bits per heavy atom. The number of hydrogen-bond acceptors (Lipinski definition) is 6. The lowest BCUT2D eigenvalue weighted by Crippen LogP contribution is -2.47. The number of rotatable bonds is 8. The van der Waals surface area contributed by atoms with Gasteiger partial charge in [0.25, 0.3) is 0 Å². The third-order valence-corrected chi connectivity index (χ3v) is 4.79. The summed E-state index contributed by atoms with van der Waals surface area (Å²) in [4.78, 5) is 26.2. The van der Waals surface area contributed by atoms with Crippen molar-refractivity contribution in [2.24, 2.45) is 0 Å². The fourth-order valence-corrected chi connectivity index (χ4v) is 3.46. The van der Waals surface area contributed by atoms with Gasteiger partial charge >= 0.3 is 11.9 Å². The van der Waals surface area contributed by atoms with Crippen LogP contribution in [0.3, 0.4) is 0 Å². The quantitative estimate of drug-likeness (QED) is 0.502. The van der Waals surface area contributed by atoms with Crippen molar-refractivity contribution in [3.05, 3.63) is 65.2 Å². The minimum absolute atomic E-state index is 0.0264. The second-order valence-electron chi connectivity index (χ2n) is 6.41. The van der Waals surface area contributed by atoms with Crippen LogP contribution in [0.4, 0.5) is 0 Å². The molecule has 2 aromatic rings. The van der Waals surface area contributed by atoms with Crippen LogP contribution in [0.25, 0.3) is 6.08 Å². The van der Waals surface area contributed by atoms with Crippen LogP contribution in [0.15, 0.2) is 54.1 Å². The van der Waals surface area contributed by atoms with Crippen LogP contribution in [0.5, 0.6) is 11.5 Å². The van der Waals surface area contributed by atoms with Gasteiger partial charge < -0.3 is 18.9 Å². The van der Waals surface area contributed by atoms with Crippen LogP contribution in [-0.4, -0.2) is 38.9 Å². The number of esters is 2. The molecule has 1 aliphatic carbocycles. The van der Waals surface area contributed by atoms with E-state index in [1.54, 1.807) is 63.4 Å². The Morgan fingerprint density at radius 2 is 1.45 bits per heavy atom. The molecule has 3 rings (SSSR count). The fraction of sp³-hybridized carbons (Fsp3) is 0.304. The van der Waals surface area contributed by atoms with Crippen molar-refractivity contribution >= 4 is 18.0 Å². The zero-order chi connectivity index (χ0) is 20.9. The zero-order valence-corrected chi connectivity index (χ0v) is 16.8. The predicted octanol–water partition coefficient (Wildman–Crippen LogP) is 3.54. The van der Waals surface area contributed by atoms with E-state index in [1.165, 1.54) is 0 Å². The van der Waals surface area contributed by atoms with E-state index in [9.17, 15) is 9.59 Å². The Balaban J connectivity index is 2.00. The van der Waals surface area contributed by atoms with Crippen LogP contribution in [-0.2, 0) is 24.5 Å². The normalized spacial score (nSPS) is 13.8. The van der Waals surface area contributed by atoms with Gasteiger partial charge in [-0.2, -0.15) is 0 Å². The predicted molar refractivity (Wildman–Crippen MR) is 108 cm³/mol. The Labute approximate surface area is 170 Å². The smallest absolute Gasteiger partial charge is 0.332 e. The van der Waals surface area contributed by atoms with Crippen molar-refractivity contribution in [3.8, 4) is 11.5 Å². The van der Waals surface area contributed by atoms with Crippen molar-refractivity contribution < 1.29 is 28.5 Å². The van der Waals surface area contributed by atoms with Gasteiger partial charge in [0.05, 0.1) is 20.3 Å². The summed E-state index contributed by atoms with van der Waals surface area (Å²) in [7, 11) is 1.59. The van der Waals surface area contributed by atoms with Crippen LogP contribution < -0.4 is 9.47 Å². The molecule has 0 atom stereocenters. The lowest BCUT2D eigenvalue weighted by Gasteiger charge is -2.29. The Morgan fingerprint density at radius 3 is 2.03 bits per heavy atom. The maximum absolute atomic E-state index is 13.1. The van der Waals surface area contributed by atoms with E-state index in [0.717, 1.165) is 5.56 Å². The Bertz CT molecular complexity index is 895. The van der Waals surface area contributed by atoms with Crippen molar-refractivity contribution in [2.45, 2.75) is 19.3 Å². The van der Waals surface area contributed by atoms with E-state index in [2.05, 4.69) is 0 Å². The Kier molecular flexibility index (Phi) is 6.22. The van der Waals surface area contributed by atoms with Crippen LogP contribution >= 0.6 is 0 Å². The van der Waals surface area contributed by atoms with Crippen molar-refractivity contribution in [2.75, 3.05) is 26.9 Å². The molecule has 0 fully saturated rings. The number of ether oxygens (including phenoxy) is 4. The molecule has 0 heterocycles. The van der Waals surface area contributed by atoms with Gasteiger partial charge in [-0.1, -0.05) is 24.3 Å². The SMILES string of the molecule is CCOC(=O)C1(C(=O)OCC)C(COc2ccc(OC)cc2)=Cc2ccccc21. The summed E-state index contributed by atoms with van der Waals surface area (Å²) in [5.74, 6) is -0.0255. The minimum Gasteiger partial charge on any atom is -0.497 e. The fourth-order valence-electron chi connectivity index (χ4n) is 3.46. The second-order valence-corrected chi connectivity index (χ2v) is 6.41. The summed E-state index contributed by atoms with van der Waals surface area (Å²) in [6, 6.07) is 14.3. The molecular weight excluding hydrogens is 372 g/mol. The first-order valence-corrected chi connectivity index (χ1v) is 9.49. The highest BCUT2D eigenvalue weighted by atomic mass is 16.6. The van der Waals surface area contributed by atoms with Gasteiger partial charge in [0.15, 0.2) is 0 Å². The standard InChI is InChI=1S/C23H24O6/c1-4-27-21(24)23(22(25)28-5-2)17(14-16-8-6-7-9-20(16)23)15-29-19-12-10-18(26-3)11-13-19/h6-14H,4-5,15H2,1-3H3. The summed E-state index contributed by atoms with van der Waals surface area (Å²) in [6.45, 7) is 3.73. The molecule has 152 valence electrons. The molecule has 0 spiro atoms. The number of methoxy groups -OCH3 is 1. The molecule has 0 N–H and O–H groups in total. The molecule has 0 amide bonds. The first-order valence-electron chi connectivity index (χ1n) is 9.49. The van der Waals surface area contributed by atoms with E-state index in [-0.39, 0.29) is 19.8 Å². The molecule has 0 saturated heterocycles. The summed E-state index contributed by atoms with van der Waals surface area (Å²) in [6.07, 6.45) is 1.80. The summed E-state index contributed by atoms with van der Waals surface area (Å²) in [5, 5.41) is 0. The second kappa shape index (κ2) is 8.82. The topological polar surface area (TPSA) is 71.1 Å². The first-order chi connectivity index (χ1) is 14.1. The number of carbonyl (C=O) groups excluding carboxylic acids is 2. The van der Waals surface area contributed by atoms with Gasteiger partial charge in [-0.3, -0.25) is 9.59 Å². The molecule has 2 aromatic carbocycles. The zero-order valence-electron chi connectivity index (χ0n) is 16.8. The lowest BCUT2D eigenvalue weighted by atomic mass is 9.77. The van der Waals surface area contributed by atoms with Gasteiger partial charge in [0, 0.05) is 5.57 Å². The third-order valence-electron chi connectivity index (χ3n) is 4.79. The molecule has 0 saturated carbocycles. The highest BCUT2D eigenvalue weighted by Gasteiger charge is 2.57. The average Bonchev–Trinajstić information content (AvgIpc) is 3.08. The maximum atomic E-state index is 13.1. The van der Waals surface area contributed by atoms with E-state index >= 15 is 0 Å². The van der Waals surface area contributed by atoms with Gasteiger partial charge in [-0.15, -0.1) is 0 Å². The van der Waals surface area contributed by atoms with Gasteiger partial charge in [-0.05, 0) is 55.3 Å². The monoisotopic (exact) mass is 396 g/mol. The van der Waals surface area contributed by atoms with E-state index in [0.29, 0.717) is 22.6 Å². The molecule has 0 aliphatic heterocycles.